The van der Waals surface area contributed by atoms with Gasteiger partial charge in [-0.25, -0.2) is 4.39 Å². The Morgan fingerprint density at radius 3 is 2.86 bits per heavy atom. The van der Waals surface area contributed by atoms with Gasteiger partial charge < -0.3 is 4.98 Å². The molecule has 0 aliphatic heterocycles. The Morgan fingerprint density at radius 2 is 2.21 bits per heavy atom. The highest BCUT2D eigenvalue weighted by atomic mass is 127. The molecule has 0 saturated heterocycles. The Morgan fingerprint density at radius 1 is 1.50 bits per heavy atom. The van der Waals surface area contributed by atoms with Crippen LogP contribution < -0.4 is 0 Å². The summed E-state index contributed by atoms with van der Waals surface area (Å²) in [4.78, 5) is 14.1. The minimum atomic E-state index is -0.324. The van der Waals surface area contributed by atoms with Crippen molar-refractivity contribution < 1.29 is 9.18 Å². The zero-order valence-electron chi connectivity index (χ0n) is 7.40. The second-order valence-corrected chi connectivity index (χ2v) is 4.20. The van der Waals surface area contributed by atoms with E-state index in [-0.39, 0.29) is 11.6 Å². The quantitative estimate of drug-likeness (QED) is 0.637. The molecule has 0 amide bonds. The van der Waals surface area contributed by atoms with Gasteiger partial charge in [0.25, 0.3) is 0 Å². The second kappa shape index (κ2) is 3.34. The van der Waals surface area contributed by atoms with Crippen molar-refractivity contribution in [3.8, 4) is 0 Å². The SMILES string of the molecule is CC(=O)c1c[nH]c2ccc(I)c(F)c12. The van der Waals surface area contributed by atoms with Crippen molar-refractivity contribution in [3.05, 3.63) is 33.3 Å². The van der Waals surface area contributed by atoms with Crippen molar-refractivity contribution in [2.45, 2.75) is 6.92 Å². The lowest BCUT2D eigenvalue weighted by Crippen LogP contribution is -1.92. The molecule has 0 spiro atoms. The number of hydrogen-bond donors (Lipinski definition) is 1. The summed E-state index contributed by atoms with van der Waals surface area (Å²) in [6.45, 7) is 1.43. The number of ketones is 1. The van der Waals surface area contributed by atoms with Gasteiger partial charge in [0.1, 0.15) is 5.82 Å². The first-order valence-corrected chi connectivity index (χ1v) is 5.15. The van der Waals surface area contributed by atoms with Crippen molar-refractivity contribution in [2.24, 2.45) is 0 Å². The predicted molar refractivity (Wildman–Crippen MR) is 61.0 cm³/mol. The number of aromatic nitrogens is 1. The van der Waals surface area contributed by atoms with Crippen molar-refractivity contribution in [2.75, 3.05) is 0 Å². The van der Waals surface area contributed by atoms with E-state index in [0.29, 0.717) is 20.0 Å². The van der Waals surface area contributed by atoms with E-state index in [1.807, 2.05) is 22.6 Å². The fourth-order valence-corrected chi connectivity index (χ4v) is 1.88. The van der Waals surface area contributed by atoms with E-state index in [2.05, 4.69) is 4.98 Å². The van der Waals surface area contributed by atoms with Gasteiger partial charge in [0.05, 0.1) is 0 Å². The van der Waals surface area contributed by atoms with Crippen LogP contribution in [0.1, 0.15) is 17.3 Å². The number of fused-ring (bicyclic) bond motifs is 1. The zero-order valence-corrected chi connectivity index (χ0v) is 9.55. The summed E-state index contributed by atoms with van der Waals surface area (Å²) in [6, 6.07) is 3.45. The summed E-state index contributed by atoms with van der Waals surface area (Å²) < 4.78 is 14.2. The molecule has 14 heavy (non-hydrogen) atoms. The fourth-order valence-electron chi connectivity index (χ4n) is 1.43. The second-order valence-electron chi connectivity index (χ2n) is 3.04. The van der Waals surface area contributed by atoms with Gasteiger partial charge in [0, 0.05) is 26.2 Å². The highest BCUT2D eigenvalue weighted by Gasteiger charge is 2.13. The number of carbonyl (C=O) groups is 1. The standard InChI is InChI=1S/C10H7FINO/c1-5(14)6-4-13-8-3-2-7(12)10(11)9(6)8/h2-4,13H,1H3. The number of aromatic amines is 1. The van der Waals surface area contributed by atoms with Crippen LogP contribution in [0.3, 0.4) is 0 Å². The van der Waals surface area contributed by atoms with E-state index in [0.717, 1.165) is 0 Å². The summed E-state index contributed by atoms with van der Waals surface area (Å²) in [7, 11) is 0. The van der Waals surface area contributed by atoms with Gasteiger partial charge in [0.2, 0.25) is 0 Å². The molecule has 0 atom stereocenters. The maximum absolute atomic E-state index is 13.7. The maximum atomic E-state index is 13.7. The Kier molecular flexibility index (Phi) is 2.30. The summed E-state index contributed by atoms with van der Waals surface area (Å²) in [5.41, 5.74) is 1.07. The molecule has 0 unspecified atom stereocenters. The summed E-state index contributed by atoms with van der Waals surface area (Å²) in [5, 5.41) is 0.393. The molecule has 1 N–H and O–H groups in total. The van der Waals surface area contributed by atoms with E-state index < -0.39 is 0 Å². The van der Waals surface area contributed by atoms with E-state index in [4.69, 9.17) is 0 Å². The van der Waals surface area contributed by atoms with Gasteiger partial charge in [-0.3, -0.25) is 4.79 Å². The maximum Gasteiger partial charge on any atom is 0.162 e. The van der Waals surface area contributed by atoms with Crippen LogP contribution >= 0.6 is 22.6 Å². The zero-order chi connectivity index (χ0) is 10.3. The minimum Gasteiger partial charge on any atom is -0.360 e. The lowest BCUT2D eigenvalue weighted by atomic mass is 10.1. The number of hydrogen-bond acceptors (Lipinski definition) is 1. The summed E-state index contributed by atoms with van der Waals surface area (Å²) in [5.74, 6) is -0.452. The van der Waals surface area contributed by atoms with Crippen molar-refractivity contribution in [1.82, 2.24) is 4.98 Å². The van der Waals surface area contributed by atoms with Crippen LogP contribution in [0.2, 0.25) is 0 Å². The Bertz CT molecular complexity index is 518. The molecule has 0 radical (unpaired) electrons. The van der Waals surface area contributed by atoms with Gasteiger partial charge in [-0.2, -0.15) is 0 Å². The summed E-state index contributed by atoms with van der Waals surface area (Å²) >= 11 is 1.91. The third-order valence-corrected chi connectivity index (χ3v) is 2.95. The van der Waals surface area contributed by atoms with Crippen LogP contribution in [-0.2, 0) is 0 Å². The van der Waals surface area contributed by atoms with Crippen LogP contribution in [0.4, 0.5) is 4.39 Å². The molecule has 72 valence electrons. The molecule has 0 bridgehead atoms. The number of H-pyrrole nitrogens is 1. The third-order valence-electron chi connectivity index (χ3n) is 2.12. The van der Waals surface area contributed by atoms with E-state index >= 15 is 0 Å². The Labute approximate surface area is 93.6 Å². The average Bonchev–Trinajstić information content (AvgIpc) is 2.55. The predicted octanol–water partition coefficient (Wildman–Crippen LogP) is 3.11. The molecule has 0 saturated carbocycles. The largest absolute Gasteiger partial charge is 0.360 e. The highest BCUT2D eigenvalue weighted by molar-refractivity contribution is 14.1. The van der Waals surface area contributed by atoms with Gasteiger partial charge in [-0.15, -0.1) is 0 Å². The van der Waals surface area contributed by atoms with Crippen LogP contribution in [0.25, 0.3) is 10.9 Å². The molecule has 0 aliphatic carbocycles. The number of rotatable bonds is 1. The van der Waals surface area contributed by atoms with Gasteiger partial charge in [-0.1, -0.05) is 0 Å². The molecule has 0 fully saturated rings. The van der Waals surface area contributed by atoms with Crippen LogP contribution in [0.5, 0.6) is 0 Å². The van der Waals surface area contributed by atoms with Crippen LogP contribution in [0.15, 0.2) is 18.3 Å². The molecular formula is C10H7FINO. The first kappa shape index (κ1) is 9.64. The van der Waals surface area contributed by atoms with Crippen LogP contribution in [0, 0.1) is 9.39 Å². The topological polar surface area (TPSA) is 32.9 Å². The number of benzene rings is 1. The lowest BCUT2D eigenvalue weighted by Gasteiger charge is -1.97. The lowest BCUT2D eigenvalue weighted by molar-refractivity contribution is 0.101. The first-order valence-electron chi connectivity index (χ1n) is 4.07. The molecule has 4 heteroatoms. The average molecular weight is 303 g/mol. The molecular weight excluding hydrogens is 296 g/mol. The van der Waals surface area contributed by atoms with Gasteiger partial charge >= 0.3 is 0 Å². The minimum absolute atomic E-state index is 0.128. The number of Topliss-reactive ketones (excluding diaryl/α,β-unsaturated/α-hetero) is 1. The van der Waals surface area contributed by atoms with E-state index in [1.54, 1.807) is 18.3 Å². The molecule has 2 rings (SSSR count). The highest BCUT2D eigenvalue weighted by Crippen LogP contribution is 2.25. The smallest absolute Gasteiger partial charge is 0.162 e. The number of nitrogens with one attached hydrogen (secondary N) is 1. The summed E-state index contributed by atoms with van der Waals surface area (Å²) in [6.07, 6.45) is 1.55. The Balaban J connectivity index is 2.89. The number of carbonyl (C=O) groups excluding carboxylic acids is 1. The fraction of sp³-hybridized carbons (Fsp3) is 0.100. The molecule has 2 nitrogen and oxygen atoms in total. The normalized spacial score (nSPS) is 10.8. The van der Waals surface area contributed by atoms with E-state index in [9.17, 15) is 9.18 Å². The van der Waals surface area contributed by atoms with Gasteiger partial charge in [-0.05, 0) is 41.6 Å². The van der Waals surface area contributed by atoms with Gasteiger partial charge in [0.15, 0.2) is 5.78 Å². The van der Waals surface area contributed by atoms with E-state index in [1.165, 1.54) is 6.92 Å². The molecule has 1 heterocycles. The van der Waals surface area contributed by atoms with Crippen molar-refractivity contribution >= 4 is 39.3 Å². The monoisotopic (exact) mass is 303 g/mol. The van der Waals surface area contributed by atoms with Crippen LogP contribution in [-0.4, -0.2) is 10.8 Å². The van der Waals surface area contributed by atoms with Crippen molar-refractivity contribution in [3.63, 3.8) is 0 Å². The van der Waals surface area contributed by atoms with Crippen molar-refractivity contribution in [1.29, 1.82) is 0 Å². The molecule has 2 aromatic rings. The molecule has 1 aromatic heterocycles. The molecule has 1 aromatic carbocycles. The first-order chi connectivity index (χ1) is 6.61. The number of halogens is 2. The molecule has 0 aliphatic rings. The Hall–Kier alpha value is -0.910. The third kappa shape index (κ3) is 1.33.